The Morgan fingerprint density at radius 1 is 0.762 bits per heavy atom. The van der Waals surface area contributed by atoms with E-state index in [4.69, 9.17) is 14.5 Å². The maximum absolute atomic E-state index is 12.5. The van der Waals surface area contributed by atoms with Gasteiger partial charge in [0, 0.05) is 13.0 Å². The van der Waals surface area contributed by atoms with Crippen LogP contribution in [0.15, 0.2) is 103 Å². The molecule has 1 amide bonds. The zero-order valence-corrected chi connectivity index (χ0v) is 24.3. The van der Waals surface area contributed by atoms with E-state index in [-0.39, 0.29) is 5.91 Å². The maximum Gasteiger partial charge on any atom is 0.224 e. The molecule has 6 heteroatoms. The topological polar surface area (TPSA) is 65.4 Å². The van der Waals surface area contributed by atoms with E-state index in [1.807, 2.05) is 67.6 Å². The second-order valence-electron chi connectivity index (χ2n) is 10.3. The van der Waals surface area contributed by atoms with Gasteiger partial charge in [0.1, 0.15) is 12.4 Å². The van der Waals surface area contributed by atoms with E-state index in [2.05, 4.69) is 52.3 Å². The molecule has 5 rings (SSSR count). The molecule has 0 aliphatic rings. The fourth-order valence-corrected chi connectivity index (χ4v) is 5.16. The smallest absolute Gasteiger partial charge is 0.224 e. The first kappa shape index (κ1) is 28.9. The van der Waals surface area contributed by atoms with Crippen LogP contribution in [0.25, 0.3) is 22.2 Å². The molecule has 0 radical (unpaired) electrons. The molecular formula is C36H39N3O3. The van der Waals surface area contributed by atoms with Crippen LogP contribution in [0.3, 0.4) is 0 Å². The van der Waals surface area contributed by atoms with E-state index >= 15 is 0 Å². The monoisotopic (exact) mass is 561 g/mol. The molecule has 0 unspecified atom stereocenters. The van der Waals surface area contributed by atoms with Crippen LogP contribution in [0.2, 0.25) is 0 Å². The molecule has 216 valence electrons. The number of aromatic nitrogens is 2. The quantitative estimate of drug-likeness (QED) is 0.137. The zero-order chi connectivity index (χ0) is 29.0. The third-order valence-corrected chi connectivity index (χ3v) is 7.28. The van der Waals surface area contributed by atoms with E-state index in [0.717, 1.165) is 65.2 Å². The molecule has 1 aromatic heterocycles. The lowest BCUT2D eigenvalue weighted by Crippen LogP contribution is -2.26. The van der Waals surface area contributed by atoms with Crippen LogP contribution < -0.4 is 14.8 Å². The number of imidazole rings is 1. The summed E-state index contributed by atoms with van der Waals surface area (Å²) < 4.78 is 14.1. The number of nitrogens with zero attached hydrogens (tertiary/aromatic N) is 2. The summed E-state index contributed by atoms with van der Waals surface area (Å²) in [5.74, 6) is 2.66. The third kappa shape index (κ3) is 7.78. The van der Waals surface area contributed by atoms with Gasteiger partial charge in [-0.3, -0.25) is 4.79 Å². The first-order chi connectivity index (χ1) is 20.7. The molecule has 6 nitrogen and oxygen atoms in total. The minimum Gasteiger partial charge on any atom is -0.490 e. The average molecular weight is 562 g/mol. The predicted molar refractivity (Wildman–Crippen MR) is 169 cm³/mol. The molecule has 0 spiro atoms. The van der Waals surface area contributed by atoms with Crippen LogP contribution >= 0.6 is 0 Å². The number of benzene rings is 4. The number of carbonyl (C=O) groups is 1. The zero-order valence-electron chi connectivity index (χ0n) is 24.3. The molecule has 0 atom stereocenters. The number of ether oxygens (including phenoxy) is 2. The lowest BCUT2D eigenvalue weighted by Gasteiger charge is -2.13. The van der Waals surface area contributed by atoms with Gasteiger partial charge in [-0.15, -0.1) is 0 Å². The maximum atomic E-state index is 12.5. The first-order valence-electron chi connectivity index (χ1n) is 14.9. The Hall–Kier alpha value is -4.58. The van der Waals surface area contributed by atoms with Crippen molar-refractivity contribution in [3.05, 3.63) is 115 Å². The molecule has 5 aromatic rings. The highest BCUT2D eigenvalue weighted by molar-refractivity contribution is 5.79. The van der Waals surface area contributed by atoms with Gasteiger partial charge in [-0.2, -0.15) is 0 Å². The van der Waals surface area contributed by atoms with Gasteiger partial charge in [-0.05, 0) is 60.7 Å². The number of carbonyl (C=O) groups excluding carboxylic acids is 1. The van der Waals surface area contributed by atoms with Crippen molar-refractivity contribution >= 4 is 16.9 Å². The van der Waals surface area contributed by atoms with Gasteiger partial charge in [-0.1, -0.05) is 85.3 Å². The molecule has 1 heterocycles. The Balaban J connectivity index is 1.06. The van der Waals surface area contributed by atoms with Crippen molar-refractivity contribution in [2.24, 2.45) is 0 Å². The minimum atomic E-state index is 0.0650. The minimum absolute atomic E-state index is 0.0650. The highest BCUT2D eigenvalue weighted by atomic mass is 16.5. The Kier molecular flexibility index (Phi) is 10.2. The Morgan fingerprint density at radius 3 is 2.24 bits per heavy atom. The summed E-state index contributed by atoms with van der Waals surface area (Å²) in [5, 5.41) is 3.08. The lowest BCUT2D eigenvalue weighted by molar-refractivity contribution is -0.120. The van der Waals surface area contributed by atoms with Gasteiger partial charge in [0.05, 0.1) is 30.6 Å². The number of amides is 1. The second kappa shape index (κ2) is 14.9. The summed E-state index contributed by atoms with van der Waals surface area (Å²) >= 11 is 0. The van der Waals surface area contributed by atoms with Crippen LogP contribution in [0, 0.1) is 0 Å². The number of nitrogens with one attached hydrogen (secondary N) is 1. The van der Waals surface area contributed by atoms with E-state index in [0.29, 0.717) is 32.7 Å². The summed E-state index contributed by atoms with van der Waals surface area (Å²) in [5.41, 5.74) is 5.49. The van der Waals surface area contributed by atoms with Crippen molar-refractivity contribution in [2.45, 2.75) is 45.6 Å². The van der Waals surface area contributed by atoms with Crippen molar-refractivity contribution in [1.29, 1.82) is 0 Å². The van der Waals surface area contributed by atoms with Crippen LogP contribution in [0.5, 0.6) is 11.5 Å². The summed E-state index contributed by atoms with van der Waals surface area (Å²) in [7, 11) is 0. The highest BCUT2D eigenvalue weighted by Gasteiger charge is 2.11. The number of aryl methyl sites for hydroxylation is 1. The molecule has 0 aliphatic carbocycles. The number of hydrogen-bond donors (Lipinski definition) is 1. The van der Waals surface area contributed by atoms with Gasteiger partial charge in [0.15, 0.2) is 11.5 Å². The number of para-hydroxylation sites is 4. The van der Waals surface area contributed by atoms with Crippen LogP contribution in [-0.4, -0.2) is 35.2 Å². The van der Waals surface area contributed by atoms with E-state index in [1.54, 1.807) is 0 Å². The molecule has 0 bridgehead atoms. The number of unbranched alkanes of at least 4 members (excludes halogenated alkanes) is 2. The highest BCUT2D eigenvalue weighted by Crippen LogP contribution is 2.27. The predicted octanol–water partition coefficient (Wildman–Crippen LogP) is 7.25. The lowest BCUT2D eigenvalue weighted by atomic mass is 10.0. The van der Waals surface area contributed by atoms with Gasteiger partial charge >= 0.3 is 0 Å². The molecular weight excluding hydrogens is 522 g/mol. The average Bonchev–Trinajstić information content (AvgIpc) is 3.38. The Bertz CT molecular complexity index is 1560. The van der Waals surface area contributed by atoms with Gasteiger partial charge in [0.2, 0.25) is 5.91 Å². The fourth-order valence-electron chi connectivity index (χ4n) is 5.16. The third-order valence-electron chi connectivity index (χ3n) is 7.28. The summed E-state index contributed by atoms with van der Waals surface area (Å²) in [4.78, 5) is 17.4. The first-order valence-corrected chi connectivity index (χ1v) is 14.9. The van der Waals surface area contributed by atoms with Crippen LogP contribution in [-0.2, 0) is 24.2 Å². The van der Waals surface area contributed by atoms with Crippen LogP contribution in [0.1, 0.15) is 37.6 Å². The molecule has 0 saturated carbocycles. The number of rotatable bonds is 15. The SMILES string of the molecule is CCOc1ccccc1OCCn1c(CCCCCNC(=O)Cc2ccc(-c3ccccc3)cc2)nc2ccccc21. The van der Waals surface area contributed by atoms with Crippen molar-refractivity contribution in [2.75, 3.05) is 19.8 Å². The molecule has 0 fully saturated rings. The van der Waals surface area contributed by atoms with Gasteiger partial charge in [-0.25, -0.2) is 4.98 Å². The second-order valence-corrected chi connectivity index (χ2v) is 10.3. The van der Waals surface area contributed by atoms with E-state index in [1.165, 1.54) is 5.56 Å². The summed E-state index contributed by atoms with van der Waals surface area (Å²) in [6.45, 7) is 4.49. The van der Waals surface area contributed by atoms with E-state index < -0.39 is 0 Å². The van der Waals surface area contributed by atoms with Crippen molar-refractivity contribution in [3.8, 4) is 22.6 Å². The molecule has 4 aromatic carbocycles. The standard InChI is InChI=1S/C36H39N3O3/c1-2-41-33-17-10-11-18-34(33)42-26-25-39-32-16-9-8-15-31(32)38-35(39)19-7-4-12-24-37-36(40)27-28-20-22-30(23-21-28)29-13-5-3-6-14-29/h3,5-6,8-11,13-18,20-23H,2,4,7,12,19,24-27H2,1H3,(H,37,40). The molecule has 42 heavy (non-hydrogen) atoms. The van der Waals surface area contributed by atoms with Crippen molar-refractivity contribution in [1.82, 2.24) is 14.9 Å². The van der Waals surface area contributed by atoms with Crippen LogP contribution in [0.4, 0.5) is 0 Å². The fraction of sp³-hybridized carbons (Fsp3) is 0.278. The summed E-state index contributed by atoms with van der Waals surface area (Å²) in [6, 6.07) is 34.6. The molecule has 0 aliphatic heterocycles. The van der Waals surface area contributed by atoms with Gasteiger partial charge < -0.3 is 19.4 Å². The van der Waals surface area contributed by atoms with Crippen molar-refractivity contribution in [3.63, 3.8) is 0 Å². The largest absolute Gasteiger partial charge is 0.490 e. The molecule has 1 N–H and O–H groups in total. The normalized spacial score (nSPS) is 11.0. The number of fused-ring (bicyclic) bond motifs is 1. The van der Waals surface area contributed by atoms with Gasteiger partial charge in [0.25, 0.3) is 0 Å². The summed E-state index contributed by atoms with van der Waals surface area (Å²) in [6.07, 6.45) is 4.25. The van der Waals surface area contributed by atoms with E-state index in [9.17, 15) is 4.79 Å². The number of hydrogen-bond acceptors (Lipinski definition) is 4. The Morgan fingerprint density at radius 2 is 1.45 bits per heavy atom. The Labute approximate surface area is 248 Å². The molecule has 0 saturated heterocycles. The van der Waals surface area contributed by atoms with Crippen molar-refractivity contribution < 1.29 is 14.3 Å².